The number of aromatic nitrogens is 1. The number of nitrogens with zero attached hydrogens (tertiary/aromatic N) is 3. The Kier molecular flexibility index (Phi) is 10.6. The van der Waals surface area contributed by atoms with Crippen molar-refractivity contribution in [2.24, 2.45) is 0 Å². The number of allylic oxidation sites excluding steroid dienone is 1. The van der Waals surface area contributed by atoms with Crippen molar-refractivity contribution in [1.29, 1.82) is 0 Å². The van der Waals surface area contributed by atoms with E-state index in [0.717, 1.165) is 20.0 Å². The smallest absolute Gasteiger partial charge is 0.423 e. The highest BCUT2D eigenvalue weighted by Gasteiger charge is 2.32. The summed E-state index contributed by atoms with van der Waals surface area (Å²) in [5.41, 5.74) is -2.01. The predicted molar refractivity (Wildman–Crippen MR) is 174 cm³/mol. The molecule has 0 spiro atoms. The van der Waals surface area contributed by atoms with Gasteiger partial charge in [0, 0.05) is 28.7 Å². The Morgan fingerprint density at radius 1 is 0.913 bits per heavy atom. The van der Waals surface area contributed by atoms with E-state index in [1.54, 1.807) is 41.5 Å². The number of halogens is 2. The molecule has 3 rings (SSSR count). The third-order valence-electron chi connectivity index (χ3n) is 5.85. The number of sulfonamides is 1. The molecular formula is C31H35Cl2N3O9S. The molecule has 0 saturated heterocycles. The number of carbonyl (C=O) groups is 4. The number of ether oxygens (including phenoxy) is 3. The lowest BCUT2D eigenvalue weighted by atomic mass is 10.1. The third-order valence-corrected chi connectivity index (χ3v) is 8.04. The van der Waals surface area contributed by atoms with Crippen LogP contribution in [0.1, 0.15) is 58.8 Å². The number of amides is 2. The summed E-state index contributed by atoms with van der Waals surface area (Å²) in [6.45, 7) is 14.0. The van der Waals surface area contributed by atoms with Gasteiger partial charge in [0.05, 0.1) is 27.4 Å². The van der Waals surface area contributed by atoms with E-state index in [0.29, 0.717) is 0 Å². The maximum Gasteiger partial charge on any atom is 0.423 e. The lowest BCUT2D eigenvalue weighted by Crippen LogP contribution is -2.39. The second kappa shape index (κ2) is 13.3. The van der Waals surface area contributed by atoms with Gasteiger partial charge in [-0.15, -0.1) is 0 Å². The molecule has 46 heavy (non-hydrogen) atoms. The molecule has 12 nitrogen and oxygen atoms in total. The van der Waals surface area contributed by atoms with Gasteiger partial charge in [-0.2, -0.15) is 0 Å². The number of rotatable bonds is 7. The minimum absolute atomic E-state index is 0.0122. The van der Waals surface area contributed by atoms with Gasteiger partial charge < -0.3 is 14.2 Å². The molecule has 15 heteroatoms. The van der Waals surface area contributed by atoms with Crippen LogP contribution in [-0.2, 0) is 29.0 Å². The fourth-order valence-corrected chi connectivity index (χ4v) is 6.22. The van der Waals surface area contributed by atoms with Crippen molar-refractivity contribution in [3.8, 4) is 0 Å². The van der Waals surface area contributed by atoms with Crippen LogP contribution in [0.15, 0.2) is 59.8 Å². The Morgan fingerprint density at radius 3 is 2.00 bits per heavy atom. The van der Waals surface area contributed by atoms with Gasteiger partial charge in [0.2, 0.25) is 0 Å². The molecule has 0 fully saturated rings. The maximum atomic E-state index is 14.0. The van der Waals surface area contributed by atoms with E-state index in [1.165, 1.54) is 50.4 Å². The molecule has 3 aromatic rings. The Bertz CT molecular complexity index is 1820. The normalized spacial score (nSPS) is 12.0. The van der Waals surface area contributed by atoms with E-state index >= 15 is 0 Å². The second-order valence-electron chi connectivity index (χ2n) is 12.2. The van der Waals surface area contributed by atoms with Crippen LogP contribution in [0.25, 0.3) is 10.9 Å². The third kappa shape index (κ3) is 8.80. The van der Waals surface area contributed by atoms with Gasteiger partial charge in [-0.05, 0) is 84.9 Å². The molecule has 2 amide bonds. The lowest BCUT2D eigenvalue weighted by Gasteiger charge is -2.26. The number of benzene rings is 2. The minimum Gasteiger partial charge on any atom is -0.459 e. The molecule has 1 aromatic heterocycles. The first-order valence-corrected chi connectivity index (χ1v) is 15.9. The van der Waals surface area contributed by atoms with Gasteiger partial charge in [0.25, 0.3) is 15.9 Å². The summed E-state index contributed by atoms with van der Waals surface area (Å²) in [5, 5.41) is 0.225. The van der Waals surface area contributed by atoms with Crippen molar-refractivity contribution in [3.63, 3.8) is 0 Å². The summed E-state index contributed by atoms with van der Waals surface area (Å²) in [5.74, 6) is -1.66. The molecule has 0 aliphatic carbocycles. The van der Waals surface area contributed by atoms with E-state index < -0.39 is 51.8 Å². The Hall–Kier alpha value is -4.07. The summed E-state index contributed by atoms with van der Waals surface area (Å²) in [6.07, 6.45) is -0.766. The van der Waals surface area contributed by atoms with Crippen LogP contribution in [0.3, 0.4) is 0 Å². The summed E-state index contributed by atoms with van der Waals surface area (Å²) in [6, 6.07) is 7.65. The van der Waals surface area contributed by atoms with E-state index in [-0.39, 0.29) is 42.9 Å². The summed E-state index contributed by atoms with van der Waals surface area (Å²) in [7, 11) is -3.32. The molecule has 248 valence electrons. The molecule has 1 heterocycles. The number of fused-ring (bicyclic) bond motifs is 1. The first-order valence-electron chi connectivity index (χ1n) is 13.7. The summed E-state index contributed by atoms with van der Waals surface area (Å²) >= 11 is 12.2. The molecule has 0 saturated carbocycles. The standard InChI is InChI=1S/C31H35Cl2N3O9S/c1-18(2)43-29(40)35-16-24(27(38)34(9)28(39)45-31(6,7)8)23-11-10-21(15-25(23)35)36(17-26(37)44-30(3,4)5)46(41,42)22-13-19(32)12-20(33)14-22/h10-16H,1,17H2,2-9H3. The van der Waals surface area contributed by atoms with Crippen LogP contribution in [0, 0.1) is 0 Å². The first-order chi connectivity index (χ1) is 21.0. The number of hydrogen-bond acceptors (Lipinski definition) is 9. The van der Waals surface area contributed by atoms with Crippen LogP contribution in [0.4, 0.5) is 15.3 Å². The number of imide groups is 1. The van der Waals surface area contributed by atoms with E-state index in [1.807, 2.05) is 0 Å². The molecule has 0 atom stereocenters. The number of esters is 1. The summed E-state index contributed by atoms with van der Waals surface area (Å²) in [4.78, 5) is 52.7. The number of carbonyl (C=O) groups excluding carboxylic acids is 4. The molecule has 0 aliphatic heterocycles. The second-order valence-corrected chi connectivity index (χ2v) is 15.0. The van der Waals surface area contributed by atoms with E-state index in [2.05, 4.69) is 6.58 Å². The zero-order chi connectivity index (χ0) is 34.9. The zero-order valence-electron chi connectivity index (χ0n) is 26.6. The molecule has 2 aromatic carbocycles. The van der Waals surface area contributed by atoms with Crippen LogP contribution >= 0.6 is 23.2 Å². The van der Waals surface area contributed by atoms with E-state index in [9.17, 15) is 27.6 Å². The van der Waals surface area contributed by atoms with Gasteiger partial charge in [-0.3, -0.25) is 18.5 Å². The zero-order valence-corrected chi connectivity index (χ0v) is 29.0. The molecule has 0 unspecified atom stereocenters. The number of anilines is 1. The van der Waals surface area contributed by atoms with Crippen LogP contribution in [0.2, 0.25) is 10.0 Å². The molecule has 0 aliphatic rings. The fourth-order valence-electron chi connectivity index (χ4n) is 4.09. The summed E-state index contributed by atoms with van der Waals surface area (Å²) < 4.78 is 45.6. The van der Waals surface area contributed by atoms with Crippen LogP contribution < -0.4 is 4.31 Å². The predicted octanol–water partition coefficient (Wildman–Crippen LogP) is 7.01. The van der Waals surface area contributed by atoms with Crippen molar-refractivity contribution in [2.45, 2.75) is 64.6 Å². The van der Waals surface area contributed by atoms with Crippen molar-refractivity contribution >= 4 is 73.9 Å². The van der Waals surface area contributed by atoms with Gasteiger partial charge in [-0.25, -0.2) is 22.9 Å². The molecular weight excluding hydrogens is 661 g/mol. The molecule has 0 bridgehead atoms. The molecule has 0 N–H and O–H groups in total. The Balaban J connectivity index is 2.26. The van der Waals surface area contributed by atoms with Gasteiger partial charge in [0.15, 0.2) is 0 Å². The molecule has 0 radical (unpaired) electrons. The maximum absolute atomic E-state index is 14.0. The highest BCUT2D eigenvalue weighted by molar-refractivity contribution is 7.92. The van der Waals surface area contributed by atoms with Crippen molar-refractivity contribution in [3.05, 3.63) is 70.5 Å². The Morgan fingerprint density at radius 2 is 1.48 bits per heavy atom. The van der Waals surface area contributed by atoms with Crippen molar-refractivity contribution in [2.75, 3.05) is 17.9 Å². The quantitative estimate of drug-likeness (QED) is 0.145. The first kappa shape index (κ1) is 36.4. The largest absolute Gasteiger partial charge is 0.459 e. The average molecular weight is 697 g/mol. The lowest BCUT2D eigenvalue weighted by molar-refractivity contribution is -0.152. The SMILES string of the molecule is C=C(C)OC(=O)n1cc(C(=O)N(C)C(=O)OC(C)(C)C)c2ccc(N(CC(=O)OC(C)(C)C)S(=O)(=O)c3cc(Cl)cc(Cl)c3)cc21. The number of hydrogen-bond donors (Lipinski definition) is 0. The van der Waals surface area contributed by atoms with Gasteiger partial charge >= 0.3 is 18.2 Å². The van der Waals surface area contributed by atoms with Crippen molar-refractivity contribution in [1.82, 2.24) is 9.47 Å². The van der Waals surface area contributed by atoms with E-state index in [4.69, 9.17) is 37.4 Å². The minimum atomic E-state index is -4.53. The van der Waals surface area contributed by atoms with Crippen LogP contribution in [0.5, 0.6) is 0 Å². The monoisotopic (exact) mass is 695 g/mol. The Labute approximate surface area is 277 Å². The van der Waals surface area contributed by atoms with Gasteiger partial charge in [0.1, 0.15) is 17.7 Å². The fraction of sp³-hybridized carbons (Fsp3) is 0.355. The topological polar surface area (TPSA) is 142 Å². The van der Waals surface area contributed by atoms with Gasteiger partial charge in [-0.1, -0.05) is 29.8 Å². The highest BCUT2D eigenvalue weighted by atomic mass is 35.5. The highest BCUT2D eigenvalue weighted by Crippen LogP contribution is 2.33. The van der Waals surface area contributed by atoms with Crippen LogP contribution in [-0.4, -0.2) is 66.7 Å². The van der Waals surface area contributed by atoms with Crippen molar-refractivity contribution < 1.29 is 41.8 Å². The average Bonchev–Trinajstić information content (AvgIpc) is 3.27.